The van der Waals surface area contributed by atoms with E-state index in [1.807, 2.05) is 44.2 Å². The first-order chi connectivity index (χ1) is 15.0. The lowest BCUT2D eigenvalue weighted by Crippen LogP contribution is -2.30. The van der Waals surface area contributed by atoms with Gasteiger partial charge in [-0.2, -0.15) is 0 Å². The first kappa shape index (κ1) is 21.1. The Bertz CT molecular complexity index is 1230. The van der Waals surface area contributed by atoms with E-state index in [0.717, 1.165) is 51.6 Å². The minimum atomic E-state index is -0.481. The van der Waals surface area contributed by atoms with Crippen LogP contribution in [-0.4, -0.2) is 25.2 Å². The number of carbonyl (C=O) groups is 2. The summed E-state index contributed by atoms with van der Waals surface area (Å²) in [5, 5.41) is 6.52. The molecule has 4 nitrogen and oxygen atoms in total. The van der Waals surface area contributed by atoms with Gasteiger partial charge in [0.25, 0.3) is 0 Å². The third kappa shape index (κ3) is 3.83. The van der Waals surface area contributed by atoms with Crippen LogP contribution in [0.25, 0.3) is 32.3 Å². The average molecular weight is 417 g/mol. The largest absolute Gasteiger partial charge is 0.462 e. The molecule has 0 spiro atoms. The van der Waals surface area contributed by atoms with Crippen molar-refractivity contribution in [2.24, 2.45) is 5.41 Å². The molecule has 0 saturated heterocycles. The summed E-state index contributed by atoms with van der Waals surface area (Å²) in [6.07, 6.45) is 2.43. The zero-order valence-electron chi connectivity index (χ0n) is 18.4. The first-order valence-corrected chi connectivity index (χ1v) is 11.0. The maximum atomic E-state index is 12.8. The molecule has 4 heteroatoms. The smallest absolute Gasteiger partial charge is 0.338 e. The van der Waals surface area contributed by atoms with Crippen LogP contribution in [0.5, 0.6) is 0 Å². The summed E-state index contributed by atoms with van der Waals surface area (Å²) in [4.78, 5) is 25.2. The normalized spacial score (nSPS) is 13.5. The maximum absolute atomic E-state index is 12.8. The maximum Gasteiger partial charge on any atom is 0.338 e. The molecule has 0 bridgehead atoms. The summed E-state index contributed by atoms with van der Waals surface area (Å²) in [6.45, 7) is 6.08. The lowest BCUT2D eigenvalue weighted by Gasteiger charge is -2.25. The van der Waals surface area contributed by atoms with Crippen LogP contribution in [0.4, 0.5) is 0 Å². The van der Waals surface area contributed by atoms with Gasteiger partial charge in [-0.05, 0) is 58.1 Å². The molecule has 0 aliphatic rings. The Labute approximate surface area is 182 Å². The van der Waals surface area contributed by atoms with Crippen LogP contribution in [0, 0.1) is 5.41 Å². The SMILES string of the molecule is CCCC(C)(CC)C(=O)OCCOC(=O)c1ccc2ccc3cccc4ccc1c2c34. The lowest BCUT2D eigenvalue weighted by molar-refractivity contribution is -0.156. The van der Waals surface area contributed by atoms with E-state index in [-0.39, 0.29) is 19.2 Å². The van der Waals surface area contributed by atoms with E-state index in [1.54, 1.807) is 0 Å². The fourth-order valence-corrected chi connectivity index (χ4v) is 4.41. The van der Waals surface area contributed by atoms with Crippen molar-refractivity contribution in [2.45, 2.75) is 40.0 Å². The monoisotopic (exact) mass is 416 g/mol. The Morgan fingerprint density at radius 1 is 0.806 bits per heavy atom. The van der Waals surface area contributed by atoms with Gasteiger partial charge in [0, 0.05) is 0 Å². The van der Waals surface area contributed by atoms with Crippen molar-refractivity contribution in [3.8, 4) is 0 Å². The van der Waals surface area contributed by atoms with Crippen LogP contribution in [-0.2, 0) is 14.3 Å². The zero-order chi connectivity index (χ0) is 22.0. The number of hydrogen-bond donors (Lipinski definition) is 0. The molecule has 4 aromatic carbocycles. The number of rotatable bonds is 8. The van der Waals surface area contributed by atoms with Gasteiger partial charge >= 0.3 is 11.9 Å². The van der Waals surface area contributed by atoms with E-state index >= 15 is 0 Å². The summed E-state index contributed by atoms with van der Waals surface area (Å²) < 4.78 is 10.9. The van der Waals surface area contributed by atoms with E-state index in [0.29, 0.717) is 5.56 Å². The Balaban J connectivity index is 1.50. The van der Waals surface area contributed by atoms with Crippen LogP contribution >= 0.6 is 0 Å². The van der Waals surface area contributed by atoms with Crippen LogP contribution in [0.15, 0.2) is 54.6 Å². The molecule has 1 atom stereocenters. The van der Waals surface area contributed by atoms with Gasteiger partial charge in [0.2, 0.25) is 0 Å². The highest BCUT2D eigenvalue weighted by atomic mass is 16.6. The molecule has 0 saturated carbocycles. The van der Waals surface area contributed by atoms with Crippen molar-refractivity contribution in [2.75, 3.05) is 13.2 Å². The molecule has 0 aromatic heterocycles. The standard InChI is InChI=1S/C27H28O4/c1-4-15-27(3,5-2)26(29)31-17-16-30-25(28)22-14-12-20-10-9-18-7-6-8-19-11-13-21(22)24(20)23(18)19/h6-14H,4-5,15-17H2,1-3H3. The zero-order valence-corrected chi connectivity index (χ0v) is 18.4. The average Bonchev–Trinajstić information content (AvgIpc) is 2.80. The van der Waals surface area contributed by atoms with Crippen LogP contribution in [0.2, 0.25) is 0 Å². The van der Waals surface area contributed by atoms with Gasteiger partial charge in [0.1, 0.15) is 13.2 Å². The van der Waals surface area contributed by atoms with Crippen LogP contribution in [0.1, 0.15) is 50.4 Å². The number of benzene rings is 4. The van der Waals surface area contributed by atoms with Gasteiger partial charge in [-0.15, -0.1) is 0 Å². The quantitative estimate of drug-likeness (QED) is 0.187. The second kappa shape index (κ2) is 8.54. The number of hydrogen-bond acceptors (Lipinski definition) is 4. The highest BCUT2D eigenvalue weighted by Crippen LogP contribution is 2.36. The number of ether oxygens (including phenoxy) is 2. The molecule has 0 N–H and O–H groups in total. The molecule has 0 aliphatic heterocycles. The lowest BCUT2D eigenvalue weighted by atomic mass is 9.83. The van der Waals surface area contributed by atoms with Gasteiger partial charge < -0.3 is 9.47 Å². The van der Waals surface area contributed by atoms with Crippen LogP contribution in [0.3, 0.4) is 0 Å². The molecular weight excluding hydrogens is 388 g/mol. The van der Waals surface area contributed by atoms with Crippen molar-refractivity contribution in [3.63, 3.8) is 0 Å². The molecule has 4 aromatic rings. The van der Waals surface area contributed by atoms with E-state index in [4.69, 9.17) is 9.47 Å². The molecular formula is C27H28O4. The third-order valence-corrected chi connectivity index (χ3v) is 6.37. The van der Waals surface area contributed by atoms with Crippen molar-refractivity contribution in [3.05, 3.63) is 60.2 Å². The molecule has 1 unspecified atom stereocenters. The third-order valence-electron chi connectivity index (χ3n) is 6.37. The molecule has 0 aliphatic carbocycles. The van der Waals surface area contributed by atoms with E-state index in [1.165, 1.54) is 0 Å². The molecule has 0 amide bonds. The van der Waals surface area contributed by atoms with Crippen molar-refractivity contribution in [1.82, 2.24) is 0 Å². The predicted molar refractivity (Wildman–Crippen MR) is 125 cm³/mol. The summed E-state index contributed by atoms with van der Waals surface area (Å²) in [5.74, 6) is -0.628. The minimum absolute atomic E-state index is 0.0402. The van der Waals surface area contributed by atoms with Gasteiger partial charge in [-0.1, -0.05) is 68.8 Å². The second-order valence-corrected chi connectivity index (χ2v) is 8.41. The topological polar surface area (TPSA) is 52.6 Å². The fraction of sp³-hybridized carbons (Fsp3) is 0.333. The van der Waals surface area contributed by atoms with E-state index in [9.17, 15) is 9.59 Å². The van der Waals surface area contributed by atoms with Crippen LogP contribution < -0.4 is 0 Å². The summed E-state index contributed by atoms with van der Waals surface area (Å²) >= 11 is 0. The van der Waals surface area contributed by atoms with Gasteiger partial charge in [0.15, 0.2) is 0 Å². The highest BCUT2D eigenvalue weighted by Gasteiger charge is 2.31. The predicted octanol–water partition coefficient (Wildman–Crippen LogP) is 6.50. The molecule has 0 radical (unpaired) electrons. The molecule has 4 rings (SSSR count). The van der Waals surface area contributed by atoms with Crippen molar-refractivity contribution in [1.29, 1.82) is 0 Å². The number of carbonyl (C=O) groups excluding carboxylic acids is 2. The Morgan fingerprint density at radius 3 is 2.10 bits per heavy atom. The van der Waals surface area contributed by atoms with Crippen molar-refractivity contribution >= 4 is 44.3 Å². The Hall–Kier alpha value is -3.14. The molecule has 0 fully saturated rings. The Morgan fingerprint density at radius 2 is 1.42 bits per heavy atom. The summed E-state index contributed by atoms with van der Waals surface area (Å²) in [5.41, 5.74) is 0.0478. The first-order valence-electron chi connectivity index (χ1n) is 11.0. The number of esters is 2. The molecule has 0 heterocycles. The minimum Gasteiger partial charge on any atom is -0.462 e. The fourth-order valence-electron chi connectivity index (χ4n) is 4.41. The van der Waals surface area contributed by atoms with Gasteiger partial charge in [0.05, 0.1) is 11.0 Å². The molecule has 31 heavy (non-hydrogen) atoms. The van der Waals surface area contributed by atoms with E-state index < -0.39 is 11.4 Å². The second-order valence-electron chi connectivity index (χ2n) is 8.41. The summed E-state index contributed by atoms with van der Waals surface area (Å²) in [6, 6.07) is 18.2. The summed E-state index contributed by atoms with van der Waals surface area (Å²) in [7, 11) is 0. The Kier molecular flexibility index (Phi) is 5.81. The highest BCUT2D eigenvalue weighted by molar-refractivity contribution is 6.25. The van der Waals surface area contributed by atoms with Gasteiger partial charge in [-0.3, -0.25) is 4.79 Å². The van der Waals surface area contributed by atoms with Gasteiger partial charge in [-0.25, -0.2) is 4.79 Å². The van der Waals surface area contributed by atoms with Crippen molar-refractivity contribution < 1.29 is 19.1 Å². The molecule has 160 valence electrons. The van der Waals surface area contributed by atoms with E-state index in [2.05, 4.69) is 31.2 Å².